The summed E-state index contributed by atoms with van der Waals surface area (Å²) in [6, 6.07) is 12.1. The molecule has 1 N–H and O–H groups in total. The number of hydrogen-bond acceptors (Lipinski definition) is 2. The summed E-state index contributed by atoms with van der Waals surface area (Å²) in [5, 5.41) is 3.30. The van der Waals surface area contributed by atoms with Crippen molar-refractivity contribution in [2.24, 2.45) is 0 Å². The number of benzene rings is 1. The minimum absolute atomic E-state index is 0.140. The fourth-order valence-corrected chi connectivity index (χ4v) is 4.14. The summed E-state index contributed by atoms with van der Waals surface area (Å²) in [6.45, 7) is 3.18. The van der Waals surface area contributed by atoms with Gasteiger partial charge >= 0.3 is 6.03 Å². The number of rotatable bonds is 3. The molecule has 3 fully saturated rings. The van der Waals surface area contributed by atoms with Gasteiger partial charge in [-0.25, -0.2) is 4.79 Å². The van der Waals surface area contributed by atoms with Crippen LogP contribution in [0.15, 0.2) is 30.3 Å². The number of piperidine rings is 1. The van der Waals surface area contributed by atoms with Crippen molar-refractivity contribution in [2.75, 3.05) is 19.6 Å². The molecule has 1 aromatic carbocycles. The Bertz CT molecular complexity index is 535. The summed E-state index contributed by atoms with van der Waals surface area (Å²) in [5.41, 5.74) is 1.27. The fourth-order valence-electron chi connectivity index (χ4n) is 4.14. The van der Waals surface area contributed by atoms with Gasteiger partial charge in [0, 0.05) is 31.7 Å². The Kier molecular flexibility index (Phi) is 4.25. The van der Waals surface area contributed by atoms with Gasteiger partial charge in [0.2, 0.25) is 0 Å². The van der Waals surface area contributed by atoms with Crippen molar-refractivity contribution in [3.05, 3.63) is 35.9 Å². The molecule has 1 unspecified atom stereocenters. The van der Waals surface area contributed by atoms with Gasteiger partial charge in [-0.05, 0) is 44.1 Å². The van der Waals surface area contributed by atoms with Gasteiger partial charge in [0.1, 0.15) is 0 Å². The number of carbonyl (C=O) groups excluding carboxylic acids is 1. The number of amides is 2. The normalized spacial score (nSPS) is 26.4. The van der Waals surface area contributed by atoms with E-state index >= 15 is 0 Å². The van der Waals surface area contributed by atoms with Crippen molar-refractivity contribution in [2.45, 2.75) is 56.7 Å². The van der Waals surface area contributed by atoms with E-state index in [4.69, 9.17) is 0 Å². The van der Waals surface area contributed by atoms with Crippen LogP contribution in [0.4, 0.5) is 4.79 Å². The van der Waals surface area contributed by atoms with Crippen LogP contribution in [0.5, 0.6) is 0 Å². The molecule has 0 radical (unpaired) electrons. The number of nitrogens with zero attached hydrogens (tertiary/aromatic N) is 2. The number of urea groups is 1. The van der Waals surface area contributed by atoms with Gasteiger partial charge in [-0.2, -0.15) is 0 Å². The molecule has 1 aromatic rings. The first-order valence-corrected chi connectivity index (χ1v) is 9.17. The third-order valence-electron chi connectivity index (χ3n) is 5.62. The van der Waals surface area contributed by atoms with E-state index in [0.717, 1.165) is 51.4 Å². The van der Waals surface area contributed by atoms with E-state index in [0.29, 0.717) is 6.04 Å². The van der Waals surface area contributed by atoms with Crippen molar-refractivity contribution in [3.63, 3.8) is 0 Å². The molecule has 2 amide bonds. The van der Waals surface area contributed by atoms with E-state index in [1.54, 1.807) is 0 Å². The molecule has 124 valence electrons. The van der Waals surface area contributed by atoms with Crippen LogP contribution in [0.1, 0.15) is 50.1 Å². The minimum Gasteiger partial charge on any atom is -0.335 e. The third kappa shape index (κ3) is 3.37. The van der Waals surface area contributed by atoms with Gasteiger partial charge in [0.05, 0.1) is 6.04 Å². The van der Waals surface area contributed by atoms with Gasteiger partial charge in [-0.15, -0.1) is 0 Å². The maximum atomic E-state index is 12.7. The lowest BCUT2D eigenvalue weighted by Gasteiger charge is -2.34. The summed E-state index contributed by atoms with van der Waals surface area (Å²) < 4.78 is 0. The average Bonchev–Trinajstić information content (AvgIpc) is 3.32. The zero-order valence-electron chi connectivity index (χ0n) is 13.8. The summed E-state index contributed by atoms with van der Waals surface area (Å²) in [5.74, 6) is 0. The molecule has 23 heavy (non-hydrogen) atoms. The number of likely N-dealkylation sites (tertiary alicyclic amines) is 2. The van der Waals surface area contributed by atoms with Crippen LogP contribution in [0.3, 0.4) is 0 Å². The molecular weight excluding hydrogens is 286 g/mol. The molecule has 4 nitrogen and oxygen atoms in total. The molecule has 1 saturated carbocycles. The Morgan fingerprint density at radius 1 is 0.957 bits per heavy atom. The Balaban J connectivity index is 1.33. The van der Waals surface area contributed by atoms with E-state index in [1.165, 1.54) is 18.4 Å². The Morgan fingerprint density at radius 2 is 1.70 bits per heavy atom. The monoisotopic (exact) mass is 313 g/mol. The van der Waals surface area contributed by atoms with Crippen molar-refractivity contribution in [1.29, 1.82) is 0 Å². The lowest BCUT2D eigenvalue weighted by Crippen LogP contribution is -2.49. The predicted molar refractivity (Wildman–Crippen MR) is 91.3 cm³/mol. The molecule has 2 saturated heterocycles. The largest absolute Gasteiger partial charge is 0.335 e. The first-order valence-electron chi connectivity index (χ1n) is 9.17. The first kappa shape index (κ1) is 15.0. The van der Waals surface area contributed by atoms with E-state index in [1.807, 2.05) is 11.0 Å². The highest BCUT2D eigenvalue weighted by molar-refractivity contribution is 5.75. The molecule has 2 heterocycles. The SMILES string of the molecule is O=C(NC1CCN(C2CC2)CC1)N1CCCC1c1ccccc1. The second-order valence-corrected chi connectivity index (χ2v) is 7.25. The standard InChI is InChI=1S/C19H27N3O/c23-19(20-16-10-13-21(14-11-16)17-8-9-17)22-12-4-7-18(22)15-5-2-1-3-6-15/h1-3,5-6,16-18H,4,7-14H2,(H,20,23). The van der Waals surface area contributed by atoms with E-state index in [2.05, 4.69) is 34.5 Å². The van der Waals surface area contributed by atoms with Crippen LogP contribution in [0.25, 0.3) is 0 Å². The topological polar surface area (TPSA) is 35.6 Å². The van der Waals surface area contributed by atoms with Gasteiger partial charge < -0.3 is 15.1 Å². The lowest BCUT2D eigenvalue weighted by atomic mass is 10.0. The van der Waals surface area contributed by atoms with Crippen molar-refractivity contribution >= 4 is 6.03 Å². The van der Waals surface area contributed by atoms with Crippen LogP contribution >= 0.6 is 0 Å². The third-order valence-corrected chi connectivity index (χ3v) is 5.62. The molecule has 0 spiro atoms. The smallest absolute Gasteiger partial charge is 0.318 e. The number of nitrogens with one attached hydrogen (secondary N) is 1. The summed E-state index contributed by atoms with van der Waals surface area (Å²) in [7, 11) is 0. The van der Waals surface area contributed by atoms with Crippen LogP contribution in [0.2, 0.25) is 0 Å². The first-order chi connectivity index (χ1) is 11.3. The van der Waals surface area contributed by atoms with Crippen LogP contribution in [-0.2, 0) is 0 Å². The molecule has 2 aliphatic heterocycles. The Labute approximate surface area is 138 Å². The average molecular weight is 313 g/mol. The molecule has 1 atom stereocenters. The second-order valence-electron chi connectivity index (χ2n) is 7.25. The van der Waals surface area contributed by atoms with E-state index in [-0.39, 0.29) is 12.1 Å². The van der Waals surface area contributed by atoms with Crippen molar-refractivity contribution < 1.29 is 4.79 Å². The highest BCUT2D eigenvalue weighted by Crippen LogP contribution is 2.32. The van der Waals surface area contributed by atoms with E-state index in [9.17, 15) is 4.79 Å². The van der Waals surface area contributed by atoms with Crippen molar-refractivity contribution in [1.82, 2.24) is 15.1 Å². The number of carbonyl (C=O) groups is 1. The molecule has 0 aromatic heterocycles. The second kappa shape index (κ2) is 6.52. The summed E-state index contributed by atoms with van der Waals surface area (Å²) >= 11 is 0. The van der Waals surface area contributed by atoms with Crippen LogP contribution in [0, 0.1) is 0 Å². The zero-order valence-corrected chi connectivity index (χ0v) is 13.8. The highest BCUT2D eigenvalue weighted by atomic mass is 16.2. The summed E-state index contributed by atoms with van der Waals surface area (Å²) in [6.07, 6.45) is 7.15. The van der Waals surface area contributed by atoms with Gasteiger partial charge in [0.25, 0.3) is 0 Å². The van der Waals surface area contributed by atoms with Crippen LogP contribution in [-0.4, -0.2) is 47.5 Å². The maximum absolute atomic E-state index is 12.7. The maximum Gasteiger partial charge on any atom is 0.318 e. The Morgan fingerprint density at radius 3 is 2.39 bits per heavy atom. The minimum atomic E-state index is 0.140. The predicted octanol–water partition coefficient (Wildman–Crippen LogP) is 3.16. The molecule has 4 rings (SSSR count). The van der Waals surface area contributed by atoms with E-state index < -0.39 is 0 Å². The summed E-state index contributed by atoms with van der Waals surface area (Å²) in [4.78, 5) is 17.4. The Hall–Kier alpha value is -1.55. The molecule has 3 aliphatic rings. The molecule has 0 bridgehead atoms. The van der Waals surface area contributed by atoms with Crippen LogP contribution < -0.4 is 5.32 Å². The van der Waals surface area contributed by atoms with Crippen molar-refractivity contribution in [3.8, 4) is 0 Å². The quantitative estimate of drug-likeness (QED) is 0.930. The van der Waals surface area contributed by atoms with Gasteiger partial charge in [-0.1, -0.05) is 30.3 Å². The van der Waals surface area contributed by atoms with Gasteiger partial charge in [-0.3, -0.25) is 0 Å². The highest BCUT2D eigenvalue weighted by Gasteiger charge is 2.34. The molecule has 4 heteroatoms. The lowest BCUT2D eigenvalue weighted by molar-refractivity contribution is 0.165. The molecule has 1 aliphatic carbocycles. The van der Waals surface area contributed by atoms with Gasteiger partial charge in [0.15, 0.2) is 0 Å². The zero-order chi connectivity index (χ0) is 15.6. The molecular formula is C19H27N3O. The number of hydrogen-bond donors (Lipinski definition) is 1. The fraction of sp³-hybridized carbons (Fsp3) is 0.632.